The Morgan fingerprint density at radius 2 is 1.90 bits per heavy atom. The van der Waals surface area contributed by atoms with Crippen molar-refractivity contribution in [3.05, 3.63) is 17.6 Å². The van der Waals surface area contributed by atoms with Crippen LogP contribution in [0.25, 0.3) is 0 Å². The van der Waals surface area contributed by atoms with Crippen molar-refractivity contribution < 1.29 is 5.11 Å². The normalized spacial score (nSPS) is 23.6. The smallest absolute Gasteiger partial charge is 0.134 e. The van der Waals surface area contributed by atoms with Crippen LogP contribution >= 0.6 is 24.8 Å². The number of anilines is 1. The van der Waals surface area contributed by atoms with Gasteiger partial charge in [0.25, 0.3) is 0 Å². The highest BCUT2D eigenvalue weighted by atomic mass is 35.5. The average molecular weight is 335 g/mol. The Hall–Kier alpha value is -0.620. The van der Waals surface area contributed by atoms with Crippen molar-refractivity contribution in [1.29, 1.82) is 0 Å². The molecule has 2 saturated carbocycles. The van der Waals surface area contributed by atoms with Crippen LogP contribution < -0.4 is 10.6 Å². The molecule has 120 valence electrons. The molecular weight excluding hydrogens is 311 g/mol. The second-order valence-electron chi connectivity index (χ2n) is 5.86. The van der Waals surface area contributed by atoms with Gasteiger partial charge in [0.05, 0.1) is 6.61 Å². The maximum absolute atomic E-state index is 9.06. The van der Waals surface area contributed by atoms with Gasteiger partial charge in [-0.2, -0.15) is 0 Å². The fraction of sp³-hybridized carbons (Fsp3) is 0.714. The van der Waals surface area contributed by atoms with Gasteiger partial charge < -0.3 is 15.7 Å². The molecule has 0 amide bonds. The molecule has 5 nitrogen and oxygen atoms in total. The number of likely N-dealkylation sites (N-methyl/N-ethyl adjacent to an activating group) is 1. The lowest BCUT2D eigenvalue weighted by atomic mass is 9.78. The van der Waals surface area contributed by atoms with Crippen LogP contribution in [0.15, 0.2) is 6.07 Å². The molecule has 0 aliphatic heterocycles. The molecule has 0 unspecified atom stereocenters. The summed E-state index contributed by atoms with van der Waals surface area (Å²) < 4.78 is 0. The van der Waals surface area contributed by atoms with Gasteiger partial charge in [-0.25, -0.2) is 9.97 Å². The molecule has 7 heteroatoms. The minimum Gasteiger partial charge on any atom is -0.395 e. The van der Waals surface area contributed by atoms with Crippen LogP contribution in [-0.2, 0) is 0 Å². The topological polar surface area (TPSA) is 75.3 Å². The quantitative estimate of drug-likeness (QED) is 0.859. The van der Waals surface area contributed by atoms with Gasteiger partial charge in [-0.3, -0.25) is 0 Å². The van der Waals surface area contributed by atoms with Crippen molar-refractivity contribution in [2.24, 2.45) is 5.73 Å². The van der Waals surface area contributed by atoms with E-state index in [2.05, 4.69) is 11.1 Å². The van der Waals surface area contributed by atoms with Crippen LogP contribution in [0.3, 0.4) is 0 Å². The number of rotatable bonds is 5. The fourth-order valence-electron chi connectivity index (χ4n) is 2.57. The van der Waals surface area contributed by atoms with Crippen molar-refractivity contribution in [3.63, 3.8) is 0 Å². The summed E-state index contributed by atoms with van der Waals surface area (Å²) in [6.45, 7) is 0.744. The number of hydrogen-bond acceptors (Lipinski definition) is 5. The molecule has 0 atom stereocenters. The standard InChI is InChI=1S/C14H22N4O.2ClH/c1-18(4-5-19)13-8-12(10-6-11(15)7-10)16-14(17-13)9-2-3-9;;/h8-11,19H,2-7,15H2,1H3;2*1H. The fourth-order valence-corrected chi connectivity index (χ4v) is 2.57. The zero-order chi connectivity index (χ0) is 13.4. The van der Waals surface area contributed by atoms with Crippen molar-refractivity contribution in [1.82, 2.24) is 9.97 Å². The summed E-state index contributed by atoms with van der Waals surface area (Å²) in [5, 5.41) is 9.06. The van der Waals surface area contributed by atoms with Crippen LogP contribution in [0.5, 0.6) is 0 Å². The Balaban J connectivity index is 0.00000110. The molecule has 2 fully saturated rings. The van der Waals surface area contributed by atoms with Crippen LogP contribution in [0, 0.1) is 0 Å². The number of aliphatic hydroxyl groups excluding tert-OH is 1. The number of hydrogen-bond donors (Lipinski definition) is 2. The third-order valence-corrected chi connectivity index (χ3v) is 4.11. The minimum atomic E-state index is 0. The van der Waals surface area contributed by atoms with Crippen LogP contribution in [0.2, 0.25) is 0 Å². The van der Waals surface area contributed by atoms with Crippen molar-refractivity contribution in [2.75, 3.05) is 25.1 Å². The highest BCUT2D eigenvalue weighted by molar-refractivity contribution is 5.85. The van der Waals surface area contributed by atoms with Gasteiger partial charge in [-0.1, -0.05) is 0 Å². The molecule has 0 saturated heterocycles. The maximum atomic E-state index is 9.06. The van der Waals surface area contributed by atoms with Crippen molar-refractivity contribution >= 4 is 30.6 Å². The maximum Gasteiger partial charge on any atom is 0.134 e. The van der Waals surface area contributed by atoms with Crippen molar-refractivity contribution in [2.45, 2.75) is 43.6 Å². The van der Waals surface area contributed by atoms with Gasteiger partial charge in [0.15, 0.2) is 0 Å². The zero-order valence-corrected chi connectivity index (χ0v) is 13.9. The zero-order valence-electron chi connectivity index (χ0n) is 12.2. The second kappa shape index (κ2) is 7.58. The second-order valence-corrected chi connectivity index (χ2v) is 5.86. The predicted molar refractivity (Wildman–Crippen MR) is 88.8 cm³/mol. The molecular formula is C14H24Cl2N4O. The number of nitrogens with zero attached hydrogens (tertiary/aromatic N) is 3. The first-order valence-electron chi connectivity index (χ1n) is 7.14. The Morgan fingerprint density at radius 1 is 1.24 bits per heavy atom. The van der Waals surface area contributed by atoms with E-state index < -0.39 is 0 Å². The number of aliphatic hydroxyl groups is 1. The molecule has 1 aromatic rings. The largest absolute Gasteiger partial charge is 0.395 e. The summed E-state index contributed by atoms with van der Waals surface area (Å²) >= 11 is 0. The van der Waals surface area contributed by atoms with Gasteiger partial charge in [0.1, 0.15) is 11.6 Å². The molecule has 3 N–H and O–H groups in total. The van der Waals surface area contributed by atoms with Crippen molar-refractivity contribution in [3.8, 4) is 0 Å². The Bertz CT molecular complexity index is 441. The monoisotopic (exact) mass is 334 g/mol. The summed E-state index contributed by atoms with van der Waals surface area (Å²) in [5.74, 6) is 2.96. The van der Waals surface area contributed by atoms with Gasteiger partial charge in [-0.05, 0) is 25.7 Å². The molecule has 0 bridgehead atoms. The van der Waals surface area contributed by atoms with Gasteiger partial charge in [-0.15, -0.1) is 24.8 Å². The molecule has 21 heavy (non-hydrogen) atoms. The molecule has 0 spiro atoms. The molecule has 1 aromatic heterocycles. The molecule has 3 rings (SSSR count). The highest BCUT2D eigenvalue weighted by Gasteiger charge is 2.32. The summed E-state index contributed by atoms with van der Waals surface area (Å²) in [7, 11) is 1.96. The molecule has 1 heterocycles. The van der Waals surface area contributed by atoms with E-state index in [0.717, 1.165) is 30.2 Å². The van der Waals surface area contributed by atoms with Gasteiger partial charge in [0.2, 0.25) is 0 Å². The summed E-state index contributed by atoms with van der Waals surface area (Å²) in [4.78, 5) is 11.4. The van der Waals surface area contributed by atoms with Crippen LogP contribution in [-0.4, -0.2) is 41.3 Å². The Labute approximate surface area is 138 Å². The van der Waals surface area contributed by atoms with Gasteiger partial charge in [0, 0.05) is 43.2 Å². The van der Waals surface area contributed by atoms with E-state index >= 15 is 0 Å². The van der Waals surface area contributed by atoms with E-state index in [1.54, 1.807) is 0 Å². The van der Waals surface area contributed by atoms with E-state index in [1.165, 1.54) is 12.8 Å². The lowest BCUT2D eigenvalue weighted by Crippen LogP contribution is -2.35. The first-order valence-corrected chi connectivity index (χ1v) is 7.14. The first kappa shape index (κ1) is 18.4. The van der Waals surface area contributed by atoms with E-state index in [0.29, 0.717) is 24.4 Å². The summed E-state index contributed by atoms with van der Waals surface area (Å²) in [6, 6.07) is 2.40. The Morgan fingerprint density at radius 3 is 2.43 bits per heavy atom. The number of halogens is 2. The number of aromatic nitrogens is 2. The Kier molecular flexibility index (Phi) is 6.66. The third-order valence-electron chi connectivity index (χ3n) is 4.11. The van der Waals surface area contributed by atoms with E-state index in [4.69, 9.17) is 15.8 Å². The summed E-state index contributed by atoms with van der Waals surface area (Å²) in [5.41, 5.74) is 7.01. The van der Waals surface area contributed by atoms with E-state index in [-0.39, 0.29) is 31.4 Å². The molecule has 2 aliphatic carbocycles. The van der Waals surface area contributed by atoms with Crippen LogP contribution in [0.1, 0.15) is 49.0 Å². The third kappa shape index (κ3) is 4.19. The number of nitrogens with two attached hydrogens (primary N) is 1. The van der Waals surface area contributed by atoms with Gasteiger partial charge >= 0.3 is 0 Å². The first-order chi connectivity index (χ1) is 9.17. The summed E-state index contributed by atoms with van der Waals surface area (Å²) in [6.07, 6.45) is 4.47. The highest BCUT2D eigenvalue weighted by Crippen LogP contribution is 2.41. The van der Waals surface area contributed by atoms with Crippen LogP contribution in [0.4, 0.5) is 5.82 Å². The predicted octanol–water partition coefficient (Wildman–Crippen LogP) is 1.83. The molecule has 0 aromatic carbocycles. The lowest BCUT2D eigenvalue weighted by Gasteiger charge is -2.32. The molecule has 0 radical (unpaired) electrons. The van der Waals surface area contributed by atoms with E-state index in [9.17, 15) is 0 Å². The minimum absolute atomic E-state index is 0. The SMILES string of the molecule is CN(CCO)c1cc(C2CC(N)C2)nc(C2CC2)n1.Cl.Cl. The molecule has 2 aliphatic rings. The van der Waals surface area contributed by atoms with E-state index in [1.807, 2.05) is 11.9 Å². The lowest BCUT2D eigenvalue weighted by molar-refractivity contribution is 0.303. The average Bonchev–Trinajstić information content (AvgIpc) is 3.19.